The summed E-state index contributed by atoms with van der Waals surface area (Å²) in [6.07, 6.45) is 5.25. The van der Waals surface area contributed by atoms with E-state index in [9.17, 15) is 0 Å². The van der Waals surface area contributed by atoms with Crippen molar-refractivity contribution in [3.63, 3.8) is 0 Å². The summed E-state index contributed by atoms with van der Waals surface area (Å²) in [5, 5.41) is 10.9. The van der Waals surface area contributed by atoms with Crippen molar-refractivity contribution in [1.82, 2.24) is 25.4 Å². The molecule has 25 heavy (non-hydrogen) atoms. The molecule has 1 saturated carbocycles. The molecule has 2 N–H and O–H groups in total. The number of halogens is 1. The predicted octanol–water partition coefficient (Wildman–Crippen LogP) is 2.75. The van der Waals surface area contributed by atoms with Gasteiger partial charge >= 0.3 is 0 Å². The van der Waals surface area contributed by atoms with E-state index in [2.05, 4.69) is 72.8 Å². The van der Waals surface area contributed by atoms with Crippen LogP contribution in [0, 0.1) is 0 Å². The summed E-state index contributed by atoms with van der Waals surface area (Å²) in [6.45, 7) is 4.30. The summed E-state index contributed by atoms with van der Waals surface area (Å²) in [6, 6.07) is 8.67. The smallest absolute Gasteiger partial charge is 0.191 e. The van der Waals surface area contributed by atoms with Crippen LogP contribution in [0.5, 0.6) is 0 Å². The summed E-state index contributed by atoms with van der Waals surface area (Å²) in [5.41, 5.74) is 1.59. The lowest BCUT2D eigenvalue weighted by Crippen LogP contribution is -2.49. The third-order valence-corrected chi connectivity index (χ3v) is 5.36. The first-order valence-electron chi connectivity index (χ1n) is 8.74. The fourth-order valence-corrected chi connectivity index (χ4v) is 3.60. The summed E-state index contributed by atoms with van der Waals surface area (Å²) < 4.78 is 2.89. The van der Waals surface area contributed by atoms with Gasteiger partial charge in [-0.25, -0.2) is 9.98 Å². The van der Waals surface area contributed by atoms with Crippen molar-refractivity contribution in [2.75, 3.05) is 13.1 Å². The van der Waals surface area contributed by atoms with E-state index in [1.807, 2.05) is 7.05 Å². The highest BCUT2D eigenvalue weighted by molar-refractivity contribution is 9.10. The molecule has 0 saturated heterocycles. The average Bonchev–Trinajstić information content (AvgIpc) is 2.96. The van der Waals surface area contributed by atoms with Gasteiger partial charge in [0.25, 0.3) is 0 Å². The summed E-state index contributed by atoms with van der Waals surface area (Å²) in [7, 11) is 1.88. The van der Waals surface area contributed by atoms with Gasteiger partial charge in [-0.15, -0.1) is 0 Å². The molecule has 0 atom stereocenters. The van der Waals surface area contributed by atoms with E-state index < -0.39 is 0 Å². The van der Waals surface area contributed by atoms with Crippen LogP contribution >= 0.6 is 15.9 Å². The highest BCUT2D eigenvalue weighted by Gasteiger charge is 2.38. The molecule has 2 aromatic rings. The molecular weight excluding hydrogens is 380 g/mol. The van der Waals surface area contributed by atoms with Crippen LogP contribution in [-0.4, -0.2) is 33.8 Å². The quantitative estimate of drug-likeness (QED) is 0.573. The topological polar surface area (TPSA) is 67.1 Å². The minimum atomic E-state index is 0.199. The molecule has 134 valence electrons. The Bertz CT molecular complexity index is 735. The second-order valence-corrected chi connectivity index (χ2v) is 7.41. The van der Waals surface area contributed by atoms with Gasteiger partial charge in [-0.2, -0.15) is 5.10 Å². The van der Waals surface area contributed by atoms with Gasteiger partial charge in [0.05, 0.1) is 0 Å². The number of aryl methyl sites for hydroxylation is 1. The Morgan fingerprint density at radius 3 is 2.80 bits per heavy atom. The maximum absolute atomic E-state index is 4.65. The molecule has 1 aliphatic rings. The van der Waals surface area contributed by atoms with Crippen LogP contribution in [0.4, 0.5) is 0 Å². The molecule has 0 radical (unpaired) electrons. The number of hydrogen-bond acceptors (Lipinski definition) is 3. The Balaban J connectivity index is 1.68. The SMILES string of the molecule is CCNC(=NCc1ncnn1C)NCC1(c2cccc(Br)c2)CCC1. The molecule has 6 nitrogen and oxygen atoms in total. The molecule has 1 aromatic heterocycles. The van der Waals surface area contributed by atoms with Crippen LogP contribution in [0.15, 0.2) is 40.1 Å². The van der Waals surface area contributed by atoms with Gasteiger partial charge in [0.15, 0.2) is 5.96 Å². The minimum Gasteiger partial charge on any atom is -0.357 e. The van der Waals surface area contributed by atoms with Gasteiger partial charge in [0.1, 0.15) is 18.7 Å². The fourth-order valence-electron chi connectivity index (χ4n) is 3.20. The van der Waals surface area contributed by atoms with Crippen LogP contribution in [0.2, 0.25) is 0 Å². The maximum atomic E-state index is 4.65. The van der Waals surface area contributed by atoms with Gasteiger partial charge in [-0.05, 0) is 37.5 Å². The number of aromatic nitrogens is 3. The lowest BCUT2D eigenvalue weighted by atomic mass is 9.64. The van der Waals surface area contributed by atoms with E-state index in [1.165, 1.54) is 24.8 Å². The van der Waals surface area contributed by atoms with Crippen molar-refractivity contribution >= 4 is 21.9 Å². The second kappa shape index (κ2) is 7.99. The van der Waals surface area contributed by atoms with Gasteiger partial charge < -0.3 is 10.6 Å². The number of benzene rings is 1. The molecule has 0 unspecified atom stereocenters. The molecule has 1 aliphatic carbocycles. The third kappa shape index (κ3) is 4.21. The number of guanidine groups is 1. The first-order chi connectivity index (χ1) is 12.1. The van der Waals surface area contributed by atoms with E-state index in [-0.39, 0.29) is 5.41 Å². The molecule has 0 aliphatic heterocycles. The lowest BCUT2D eigenvalue weighted by Gasteiger charge is -2.43. The molecule has 1 aromatic carbocycles. The van der Waals surface area contributed by atoms with Crippen molar-refractivity contribution in [3.8, 4) is 0 Å². The van der Waals surface area contributed by atoms with Crippen molar-refractivity contribution in [1.29, 1.82) is 0 Å². The zero-order valence-electron chi connectivity index (χ0n) is 14.8. The van der Waals surface area contributed by atoms with E-state index in [4.69, 9.17) is 0 Å². The van der Waals surface area contributed by atoms with Crippen LogP contribution in [0.3, 0.4) is 0 Å². The normalized spacial score (nSPS) is 16.4. The van der Waals surface area contributed by atoms with E-state index in [1.54, 1.807) is 11.0 Å². The summed E-state index contributed by atoms with van der Waals surface area (Å²) >= 11 is 3.59. The average molecular weight is 405 g/mol. The molecule has 1 heterocycles. The highest BCUT2D eigenvalue weighted by atomic mass is 79.9. The lowest BCUT2D eigenvalue weighted by molar-refractivity contribution is 0.243. The van der Waals surface area contributed by atoms with Gasteiger partial charge in [0, 0.05) is 30.0 Å². The first kappa shape index (κ1) is 17.9. The Hall–Kier alpha value is -1.89. The molecule has 7 heteroatoms. The molecule has 0 bridgehead atoms. The number of aliphatic imine (C=N–C) groups is 1. The molecule has 3 rings (SSSR count). The Kier molecular flexibility index (Phi) is 5.73. The van der Waals surface area contributed by atoms with Crippen molar-refractivity contribution in [2.24, 2.45) is 12.0 Å². The number of hydrogen-bond donors (Lipinski definition) is 2. The second-order valence-electron chi connectivity index (χ2n) is 6.49. The zero-order chi connectivity index (χ0) is 17.7. The van der Waals surface area contributed by atoms with Gasteiger partial charge in [-0.3, -0.25) is 4.68 Å². The minimum absolute atomic E-state index is 0.199. The van der Waals surface area contributed by atoms with Crippen molar-refractivity contribution in [2.45, 2.75) is 38.1 Å². The third-order valence-electron chi connectivity index (χ3n) is 4.87. The van der Waals surface area contributed by atoms with Crippen LogP contribution in [0.1, 0.15) is 37.6 Å². The zero-order valence-corrected chi connectivity index (χ0v) is 16.4. The van der Waals surface area contributed by atoms with E-state index in [0.717, 1.165) is 29.3 Å². The number of rotatable bonds is 6. The predicted molar refractivity (Wildman–Crippen MR) is 103 cm³/mol. The Labute approximate surface area is 157 Å². The van der Waals surface area contributed by atoms with Crippen LogP contribution < -0.4 is 10.6 Å². The van der Waals surface area contributed by atoms with E-state index >= 15 is 0 Å². The standard InChI is InChI=1S/C18H25BrN6/c1-3-20-17(21-11-16-23-13-24-25(16)2)22-12-18(8-5-9-18)14-6-4-7-15(19)10-14/h4,6-7,10,13H,3,5,8-9,11-12H2,1-2H3,(H2,20,21,22). The Morgan fingerprint density at radius 1 is 1.36 bits per heavy atom. The molecule has 0 spiro atoms. The number of nitrogens with zero attached hydrogens (tertiary/aromatic N) is 4. The first-order valence-corrected chi connectivity index (χ1v) is 9.53. The monoisotopic (exact) mass is 404 g/mol. The fraction of sp³-hybridized carbons (Fsp3) is 0.500. The van der Waals surface area contributed by atoms with Crippen molar-refractivity contribution < 1.29 is 0 Å². The maximum Gasteiger partial charge on any atom is 0.191 e. The molecule has 0 amide bonds. The summed E-state index contributed by atoms with van der Waals surface area (Å²) in [4.78, 5) is 8.88. The van der Waals surface area contributed by atoms with Gasteiger partial charge in [0.2, 0.25) is 0 Å². The van der Waals surface area contributed by atoms with Crippen LogP contribution in [0.25, 0.3) is 0 Å². The summed E-state index contributed by atoms with van der Waals surface area (Å²) in [5.74, 6) is 1.68. The largest absolute Gasteiger partial charge is 0.357 e. The van der Waals surface area contributed by atoms with Gasteiger partial charge in [-0.1, -0.05) is 34.5 Å². The Morgan fingerprint density at radius 2 is 2.20 bits per heavy atom. The van der Waals surface area contributed by atoms with E-state index in [0.29, 0.717) is 6.54 Å². The highest BCUT2D eigenvalue weighted by Crippen LogP contribution is 2.43. The van der Waals surface area contributed by atoms with Crippen molar-refractivity contribution in [3.05, 3.63) is 46.5 Å². The molecular formula is C18H25BrN6. The molecule has 1 fully saturated rings. The number of nitrogens with one attached hydrogen (secondary N) is 2. The van der Waals surface area contributed by atoms with Crippen LogP contribution in [-0.2, 0) is 19.0 Å².